The van der Waals surface area contributed by atoms with Gasteiger partial charge >= 0.3 is 5.97 Å². The van der Waals surface area contributed by atoms with Crippen LogP contribution in [0.2, 0.25) is 0 Å². The highest BCUT2D eigenvalue weighted by Gasteiger charge is 2.11. The Morgan fingerprint density at radius 3 is 2.62 bits per heavy atom. The highest BCUT2D eigenvalue weighted by atomic mass is 16.6. The van der Waals surface area contributed by atoms with E-state index in [0.29, 0.717) is 23.5 Å². The lowest BCUT2D eigenvalue weighted by Crippen LogP contribution is -2.12. The zero-order chi connectivity index (χ0) is 15.2. The van der Waals surface area contributed by atoms with Gasteiger partial charge in [-0.2, -0.15) is 0 Å². The van der Waals surface area contributed by atoms with Gasteiger partial charge in [-0.1, -0.05) is 0 Å². The summed E-state index contributed by atoms with van der Waals surface area (Å²) >= 11 is 0. The van der Waals surface area contributed by atoms with Gasteiger partial charge in [-0.15, -0.1) is 0 Å². The lowest BCUT2D eigenvalue weighted by atomic mass is 10.1. The number of ether oxygens (including phenoxy) is 3. The number of hydrogen-bond acceptors (Lipinski definition) is 6. The molecule has 0 radical (unpaired) electrons. The fraction of sp³-hybridized carbons (Fsp3) is 0.200. The standard InChI is InChI=1S/C15H14O6/c1-18-14-7-10(12-6-4-11(8-16)21-12)3-5-13(14)20-9-15(17)19-2/h3-8H,9H2,1-2H3. The first kappa shape index (κ1) is 14.6. The van der Waals surface area contributed by atoms with Gasteiger partial charge in [-0.3, -0.25) is 4.79 Å². The molecule has 6 heteroatoms. The molecule has 0 saturated heterocycles. The number of methoxy groups -OCH3 is 2. The highest BCUT2D eigenvalue weighted by Crippen LogP contribution is 2.33. The van der Waals surface area contributed by atoms with Crippen LogP contribution in [0.5, 0.6) is 11.5 Å². The number of hydrogen-bond donors (Lipinski definition) is 0. The molecule has 0 amide bonds. The molecule has 2 rings (SSSR count). The number of rotatable bonds is 6. The van der Waals surface area contributed by atoms with E-state index >= 15 is 0 Å². The molecule has 0 atom stereocenters. The third-order valence-corrected chi connectivity index (χ3v) is 2.76. The number of aldehydes is 1. The van der Waals surface area contributed by atoms with Crippen LogP contribution in [0.15, 0.2) is 34.7 Å². The Bertz CT molecular complexity index is 643. The molecule has 0 spiro atoms. The Morgan fingerprint density at radius 1 is 1.19 bits per heavy atom. The minimum Gasteiger partial charge on any atom is -0.493 e. The van der Waals surface area contributed by atoms with Crippen molar-refractivity contribution in [3.63, 3.8) is 0 Å². The van der Waals surface area contributed by atoms with Crippen molar-refractivity contribution in [1.29, 1.82) is 0 Å². The van der Waals surface area contributed by atoms with Crippen molar-refractivity contribution >= 4 is 12.3 Å². The molecule has 2 aromatic rings. The molecule has 0 unspecified atom stereocenters. The largest absolute Gasteiger partial charge is 0.493 e. The third-order valence-electron chi connectivity index (χ3n) is 2.76. The average Bonchev–Trinajstić information content (AvgIpc) is 3.01. The van der Waals surface area contributed by atoms with Crippen LogP contribution < -0.4 is 9.47 Å². The maximum Gasteiger partial charge on any atom is 0.343 e. The van der Waals surface area contributed by atoms with Crippen molar-refractivity contribution in [3.8, 4) is 22.8 Å². The van der Waals surface area contributed by atoms with E-state index in [9.17, 15) is 9.59 Å². The molecule has 0 saturated carbocycles. The van der Waals surface area contributed by atoms with E-state index in [0.717, 1.165) is 5.56 Å². The Labute approximate surface area is 121 Å². The molecule has 0 aliphatic heterocycles. The summed E-state index contributed by atoms with van der Waals surface area (Å²) in [6.45, 7) is -0.206. The van der Waals surface area contributed by atoms with Gasteiger partial charge in [0.1, 0.15) is 5.76 Å². The minimum atomic E-state index is -0.484. The summed E-state index contributed by atoms with van der Waals surface area (Å²) in [7, 11) is 2.77. The summed E-state index contributed by atoms with van der Waals surface area (Å²) in [5.41, 5.74) is 0.727. The highest BCUT2D eigenvalue weighted by molar-refractivity contribution is 5.73. The summed E-state index contributed by atoms with van der Waals surface area (Å²) in [5.74, 6) is 1.15. The van der Waals surface area contributed by atoms with Crippen LogP contribution in [0, 0.1) is 0 Å². The average molecular weight is 290 g/mol. The molecule has 0 aliphatic rings. The van der Waals surface area contributed by atoms with Gasteiger partial charge in [0.15, 0.2) is 30.2 Å². The number of carbonyl (C=O) groups excluding carboxylic acids is 2. The predicted octanol–water partition coefficient (Wildman–Crippen LogP) is 2.32. The van der Waals surface area contributed by atoms with Gasteiger partial charge in [-0.25, -0.2) is 4.79 Å². The van der Waals surface area contributed by atoms with E-state index in [1.165, 1.54) is 14.2 Å². The molecule has 6 nitrogen and oxygen atoms in total. The van der Waals surface area contributed by atoms with E-state index in [4.69, 9.17) is 13.9 Å². The smallest absolute Gasteiger partial charge is 0.343 e. The second-order valence-corrected chi connectivity index (χ2v) is 4.05. The normalized spacial score (nSPS) is 10.0. The van der Waals surface area contributed by atoms with Crippen molar-refractivity contribution in [2.24, 2.45) is 0 Å². The summed E-state index contributed by atoms with van der Waals surface area (Å²) in [4.78, 5) is 21.7. The predicted molar refractivity (Wildman–Crippen MR) is 73.6 cm³/mol. The molecule has 0 N–H and O–H groups in total. The molecular formula is C15H14O6. The van der Waals surface area contributed by atoms with Gasteiger partial charge in [0.2, 0.25) is 0 Å². The molecule has 1 heterocycles. The molecule has 0 fully saturated rings. The summed E-state index contributed by atoms with van der Waals surface area (Å²) in [6, 6.07) is 8.35. The van der Waals surface area contributed by atoms with Crippen molar-refractivity contribution in [1.82, 2.24) is 0 Å². The first-order valence-electron chi connectivity index (χ1n) is 6.11. The lowest BCUT2D eigenvalue weighted by Gasteiger charge is -2.10. The number of furan rings is 1. The van der Waals surface area contributed by atoms with Crippen molar-refractivity contribution < 1.29 is 28.2 Å². The maximum absolute atomic E-state index is 11.1. The van der Waals surface area contributed by atoms with Crippen molar-refractivity contribution in [3.05, 3.63) is 36.1 Å². The van der Waals surface area contributed by atoms with Crippen LogP contribution in [0.25, 0.3) is 11.3 Å². The van der Waals surface area contributed by atoms with Crippen LogP contribution in [0.1, 0.15) is 10.6 Å². The summed E-state index contributed by atoms with van der Waals surface area (Å²) in [5, 5.41) is 0. The molecular weight excluding hydrogens is 276 g/mol. The molecule has 110 valence electrons. The van der Waals surface area contributed by atoms with Gasteiger partial charge in [0.25, 0.3) is 0 Å². The van der Waals surface area contributed by atoms with E-state index < -0.39 is 5.97 Å². The third kappa shape index (κ3) is 3.42. The van der Waals surface area contributed by atoms with E-state index in [2.05, 4.69) is 4.74 Å². The van der Waals surface area contributed by atoms with Crippen LogP contribution in [-0.4, -0.2) is 33.1 Å². The first-order valence-corrected chi connectivity index (χ1v) is 6.11. The number of benzene rings is 1. The minimum absolute atomic E-state index is 0.206. The van der Waals surface area contributed by atoms with Crippen LogP contribution >= 0.6 is 0 Å². The summed E-state index contributed by atoms with van der Waals surface area (Å²) in [6.07, 6.45) is 0.634. The fourth-order valence-electron chi connectivity index (χ4n) is 1.71. The van der Waals surface area contributed by atoms with Gasteiger partial charge < -0.3 is 18.6 Å². The molecule has 1 aromatic heterocycles. The summed E-state index contributed by atoms with van der Waals surface area (Å²) < 4.78 is 20.4. The SMILES string of the molecule is COC(=O)COc1ccc(-c2ccc(C=O)o2)cc1OC. The van der Waals surface area contributed by atoms with Gasteiger partial charge in [0, 0.05) is 5.56 Å². The van der Waals surface area contributed by atoms with Crippen LogP contribution in [0.3, 0.4) is 0 Å². The zero-order valence-corrected chi connectivity index (χ0v) is 11.6. The molecule has 0 bridgehead atoms. The first-order chi connectivity index (χ1) is 10.2. The number of esters is 1. The van der Waals surface area contributed by atoms with E-state index in [-0.39, 0.29) is 12.4 Å². The van der Waals surface area contributed by atoms with Gasteiger partial charge in [0.05, 0.1) is 14.2 Å². The van der Waals surface area contributed by atoms with Crippen molar-refractivity contribution in [2.75, 3.05) is 20.8 Å². The number of carbonyl (C=O) groups is 2. The van der Waals surface area contributed by atoms with E-state index in [1.54, 1.807) is 30.3 Å². The Balaban J connectivity index is 2.23. The molecule has 0 aliphatic carbocycles. The Kier molecular flexibility index (Phi) is 4.61. The lowest BCUT2D eigenvalue weighted by molar-refractivity contribution is -0.142. The topological polar surface area (TPSA) is 75.0 Å². The van der Waals surface area contributed by atoms with Crippen LogP contribution in [-0.2, 0) is 9.53 Å². The quantitative estimate of drug-likeness (QED) is 0.600. The monoisotopic (exact) mass is 290 g/mol. The maximum atomic E-state index is 11.1. The van der Waals surface area contributed by atoms with E-state index in [1.807, 2.05) is 0 Å². The second-order valence-electron chi connectivity index (χ2n) is 4.05. The molecule has 1 aromatic carbocycles. The Morgan fingerprint density at radius 2 is 2.00 bits per heavy atom. The Hall–Kier alpha value is -2.76. The van der Waals surface area contributed by atoms with Crippen LogP contribution in [0.4, 0.5) is 0 Å². The second kappa shape index (κ2) is 6.60. The molecule has 21 heavy (non-hydrogen) atoms. The zero-order valence-electron chi connectivity index (χ0n) is 11.6. The van der Waals surface area contributed by atoms with Gasteiger partial charge in [-0.05, 0) is 30.3 Å². The van der Waals surface area contributed by atoms with Crippen molar-refractivity contribution in [2.45, 2.75) is 0 Å². The fourth-order valence-corrected chi connectivity index (χ4v) is 1.71.